The highest BCUT2D eigenvalue weighted by molar-refractivity contribution is 14.1. The van der Waals surface area contributed by atoms with Gasteiger partial charge >= 0.3 is 0 Å². The molecule has 1 rings (SSSR count). The number of nitrogens with zero attached hydrogens (tertiary/aromatic N) is 1. The number of carbonyl (C=O) groups is 2. The van der Waals surface area contributed by atoms with Crippen LogP contribution in [0.15, 0.2) is 22.7 Å². The predicted octanol–water partition coefficient (Wildman–Crippen LogP) is 2.65. The summed E-state index contributed by atoms with van der Waals surface area (Å²) < 4.78 is 1.68. The van der Waals surface area contributed by atoms with E-state index in [2.05, 4.69) is 43.8 Å². The first kappa shape index (κ1) is 16.4. The topological polar surface area (TPSA) is 49.4 Å². The van der Waals surface area contributed by atoms with Crippen LogP contribution in [0.25, 0.3) is 0 Å². The molecule has 1 atom stereocenters. The summed E-state index contributed by atoms with van der Waals surface area (Å²) in [5.74, 6) is -0.336. The van der Waals surface area contributed by atoms with E-state index in [1.54, 1.807) is 24.9 Å². The van der Waals surface area contributed by atoms with Gasteiger partial charge in [-0.2, -0.15) is 0 Å². The number of carbonyl (C=O) groups excluding carboxylic acids is 2. The first-order valence-electron chi connectivity index (χ1n) is 5.87. The van der Waals surface area contributed by atoms with Gasteiger partial charge < -0.3 is 10.2 Å². The number of benzene rings is 1. The Bertz CT molecular complexity index is 494. The van der Waals surface area contributed by atoms with E-state index in [4.69, 9.17) is 0 Å². The molecule has 0 aliphatic rings. The standard InChI is InChI=1S/C13H16BrIN2O2/c1-4-17(3)13(19)8(2)16-12(18)10-7-9(14)5-6-11(10)15/h5-8H,4H2,1-3H3,(H,16,18). The summed E-state index contributed by atoms with van der Waals surface area (Å²) in [6.45, 7) is 4.20. The van der Waals surface area contributed by atoms with Gasteiger partial charge in [0.15, 0.2) is 0 Å². The van der Waals surface area contributed by atoms with E-state index in [1.165, 1.54) is 0 Å². The summed E-state index contributed by atoms with van der Waals surface area (Å²) in [4.78, 5) is 25.6. The maximum absolute atomic E-state index is 12.1. The average molecular weight is 439 g/mol. The quantitative estimate of drug-likeness (QED) is 0.734. The third-order valence-corrected chi connectivity index (χ3v) is 4.18. The number of likely N-dealkylation sites (N-methyl/N-ethyl adjacent to an activating group) is 1. The summed E-state index contributed by atoms with van der Waals surface area (Å²) in [5, 5.41) is 2.72. The van der Waals surface area contributed by atoms with Crippen LogP contribution in [0.4, 0.5) is 0 Å². The molecule has 0 saturated carbocycles. The van der Waals surface area contributed by atoms with E-state index in [9.17, 15) is 9.59 Å². The van der Waals surface area contributed by atoms with Crippen molar-refractivity contribution in [1.82, 2.24) is 10.2 Å². The Morgan fingerprint density at radius 2 is 2.11 bits per heavy atom. The Hall–Kier alpha value is -0.630. The molecular weight excluding hydrogens is 423 g/mol. The summed E-state index contributed by atoms with van der Waals surface area (Å²) in [5.41, 5.74) is 0.564. The Morgan fingerprint density at radius 1 is 1.47 bits per heavy atom. The molecule has 0 bridgehead atoms. The van der Waals surface area contributed by atoms with Crippen LogP contribution >= 0.6 is 38.5 Å². The predicted molar refractivity (Wildman–Crippen MR) is 87.1 cm³/mol. The van der Waals surface area contributed by atoms with Crippen molar-refractivity contribution in [3.63, 3.8) is 0 Å². The summed E-state index contributed by atoms with van der Waals surface area (Å²) >= 11 is 5.44. The molecule has 19 heavy (non-hydrogen) atoms. The van der Waals surface area contributed by atoms with Gasteiger partial charge in [-0.15, -0.1) is 0 Å². The van der Waals surface area contributed by atoms with Crippen LogP contribution in [0.3, 0.4) is 0 Å². The molecule has 1 aromatic carbocycles. The Balaban J connectivity index is 2.80. The molecule has 0 radical (unpaired) electrons. The fourth-order valence-electron chi connectivity index (χ4n) is 1.49. The first-order valence-corrected chi connectivity index (χ1v) is 7.74. The normalized spacial score (nSPS) is 11.8. The first-order chi connectivity index (χ1) is 8.86. The minimum Gasteiger partial charge on any atom is -0.344 e. The maximum atomic E-state index is 12.1. The zero-order chi connectivity index (χ0) is 14.6. The van der Waals surface area contributed by atoms with E-state index in [0.717, 1.165) is 8.04 Å². The number of halogens is 2. The Labute approximate surface area is 135 Å². The van der Waals surface area contributed by atoms with Crippen molar-refractivity contribution < 1.29 is 9.59 Å². The highest BCUT2D eigenvalue weighted by Gasteiger charge is 2.20. The zero-order valence-corrected chi connectivity index (χ0v) is 14.8. The van der Waals surface area contributed by atoms with E-state index in [0.29, 0.717) is 12.1 Å². The minimum absolute atomic E-state index is 0.0964. The van der Waals surface area contributed by atoms with Gasteiger partial charge in [-0.1, -0.05) is 15.9 Å². The lowest BCUT2D eigenvalue weighted by atomic mass is 10.2. The summed E-state index contributed by atoms with van der Waals surface area (Å²) in [6.07, 6.45) is 0. The summed E-state index contributed by atoms with van der Waals surface area (Å²) in [7, 11) is 1.72. The van der Waals surface area contributed by atoms with Crippen molar-refractivity contribution in [2.24, 2.45) is 0 Å². The van der Waals surface area contributed by atoms with Gasteiger partial charge in [0.1, 0.15) is 6.04 Å². The van der Waals surface area contributed by atoms with E-state index >= 15 is 0 Å². The number of amides is 2. The molecule has 0 heterocycles. The highest BCUT2D eigenvalue weighted by Crippen LogP contribution is 2.18. The van der Waals surface area contributed by atoms with E-state index in [-0.39, 0.29) is 11.8 Å². The second-order valence-corrected chi connectivity index (χ2v) is 6.25. The van der Waals surface area contributed by atoms with Crippen LogP contribution in [-0.4, -0.2) is 36.3 Å². The third kappa shape index (κ3) is 4.45. The number of rotatable bonds is 4. The molecule has 104 valence electrons. The molecule has 4 nitrogen and oxygen atoms in total. The highest BCUT2D eigenvalue weighted by atomic mass is 127. The number of hydrogen-bond donors (Lipinski definition) is 1. The Kier molecular flexibility index (Phi) is 6.25. The lowest BCUT2D eigenvalue weighted by Crippen LogP contribution is -2.45. The van der Waals surface area contributed by atoms with Crippen LogP contribution in [0.1, 0.15) is 24.2 Å². The lowest BCUT2D eigenvalue weighted by Gasteiger charge is -2.20. The van der Waals surface area contributed by atoms with Crippen molar-refractivity contribution in [3.8, 4) is 0 Å². The van der Waals surface area contributed by atoms with Crippen LogP contribution < -0.4 is 5.32 Å². The van der Waals surface area contributed by atoms with Crippen molar-refractivity contribution in [2.75, 3.05) is 13.6 Å². The van der Waals surface area contributed by atoms with Crippen molar-refractivity contribution in [3.05, 3.63) is 31.8 Å². The molecule has 0 aromatic heterocycles. The molecular formula is C13H16BrIN2O2. The van der Waals surface area contributed by atoms with Gasteiger partial charge in [-0.05, 0) is 54.6 Å². The monoisotopic (exact) mass is 438 g/mol. The largest absolute Gasteiger partial charge is 0.344 e. The third-order valence-electron chi connectivity index (χ3n) is 2.74. The Morgan fingerprint density at radius 3 is 2.68 bits per heavy atom. The van der Waals surface area contributed by atoms with Crippen molar-refractivity contribution in [1.29, 1.82) is 0 Å². The fourth-order valence-corrected chi connectivity index (χ4v) is 2.44. The van der Waals surface area contributed by atoms with Crippen LogP contribution in [0.2, 0.25) is 0 Å². The second-order valence-electron chi connectivity index (χ2n) is 4.17. The second kappa shape index (κ2) is 7.23. The van der Waals surface area contributed by atoms with E-state index in [1.807, 2.05) is 19.1 Å². The number of hydrogen-bond acceptors (Lipinski definition) is 2. The summed E-state index contributed by atoms with van der Waals surface area (Å²) in [6, 6.07) is 4.94. The fraction of sp³-hybridized carbons (Fsp3) is 0.385. The average Bonchev–Trinajstić information content (AvgIpc) is 2.39. The molecule has 0 aliphatic heterocycles. The molecule has 1 N–H and O–H groups in total. The van der Waals surface area contributed by atoms with Gasteiger partial charge in [-0.25, -0.2) is 0 Å². The molecule has 2 amide bonds. The van der Waals surface area contributed by atoms with Crippen LogP contribution in [0.5, 0.6) is 0 Å². The molecule has 0 fully saturated rings. The molecule has 0 aliphatic carbocycles. The maximum Gasteiger partial charge on any atom is 0.253 e. The van der Waals surface area contributed by atoms with E-state index < -0.39 is 6.04 Å². The van der Waals surface area contributed by atoms with Crippen LogP contribution in [-0.2, 0) is 4.79 Å². The van der Waals surface area contributed by atoms with Crippen LogP contribution in [0, 0.1) is 3.57 Å². The molecule has 0 spiro atoms. The smallest absolute Gasteiger partial charge is 0.253 e. The van der Waals surface area contributed by atoms with Crippen molar-refractivity contribution >= 4 is 50.3 Å². The van der Waals surface area contributed by atoms with Gasteiger partial charge in [0.05, 0.1) is 5.56 Å². The van der Waals surface area contributed by atoms with Crippen molar-refractivity contribution in [2.45, 2.75) is 19.9 Å². The molecule has 6 heteroatoms. The molecule has 0 saturated heterocycles. The van der Waals surface area contributed by atoms with Gasteiger partial charge in [-0.3, -0.25) is 9.59 Å². The number of nitrogens with one attached hydrogen (secondary N) is 1. The van der Waals surface area contributed by atoms with Gasteiger partial charge in [0.2, 0.25) is 5.91 Å². The minimum atomic E-state index is -0.535. The van der Waals surface area contributed by atoms with Gasteiger partial charge in [0.25, 0.3) is 5.91 Å². The lowest BCUT2D eigenvalue weighted by molar-refractivity contribution is -0.131. The SMILES string of the molecule is CCN(C)C(=O)C(C)NC(=O)c1cc(Br)ccc1I. The van der Waals surface area contributed by atoms with Gasteiger partial charge in [0, 0.05) is 21.6 Å². The zero-order valence-electron chi connectivity index (χ0n) is 11.0. The molecule has 1 unspecified atom stereocenters. The molecule has 1 aromatic rings.